The molecule has 0 aliphatic carbocycles. The number of benzene rings is 1. The number of hydrogen-bond donors (Lipinski definition) is 1. The summed E-state index contributed by atoms with van der Waals surface area (Å²) in [7, 11) is 2.09. The van der Waals surface area contributed by atoms with Gasteiger partial charge in [0.05, 0.1) is 28.3 Å². The SMILES string of the molecule is CCOC(=O)C1=C(CN2CCN(C)CC2)N(CC)C(=O)N[C@@H]1c1cccc(Cl)c1Cl. The Balaban J connectivity index is 2.10. The smallest absolute Gasteiger partial charge is 0.338 e. The second-order valence-electron chi connectivity index (χ2n) is 7.43. The number of nitrogens with zero attached hydrogens (tertiary/aromatic N) is 3. The molecule has 2 heterocycles. The van der Waals surface area contributed by atoms with E-state index in [1.807, 2.05) is 6.92 Å². The van der Waals surface area contributed by atoms with Crippen LogP contribution in [0.1, 0.15) is 25.5 Å². The van der Waals surface area contributed by atoms with Crippen molar-refractivity contribution in [3.05, 3.63) is 45.1 Å². The maximum Gasteiger partial charge on any atom is 0.338 e. The number of carbonyl (C=O) groups excluding carboxylic acids is 2. The average molecular weight is 455 g/mol. The van der Waals surface area contributed by atoms with Gasteiger partial charge in [-0.3, -0.25) is 9.80 Å². The van der Waals surface area contributed by atoms with Crippen molar-refractivity contribution in [2.45, 2.75) is 19.9 Å². The fourth-order valence-electron chi connectivity index (χ4n) is 3.85. The van der Waals surface area contributed by atoms with Gasteiger partial charge < -0.3 is 15.0 Å². The average Bonchev–Trinajstić information content (AvgIpc) is 2.71. The molecule has 0 spiro atoms. The maximum atomic E-state index is 13.1. The topological polar surface area (TPSA) is 65.1 Å². The Labute approximate surface area is 187 Å². The van der Waals surface area contributed by atoms with Crippen molar-refractivity contribution in [2.24, 2.45) is 0 Å². The molecule has 164 valence electrons. The first-order valence-electron chi connectivity index (χ1n) is 10.2. The predicted octanol–water partition coefficient (Wildman–Crippen LogP) is 3.14. The lowest BCUT2D eigenvalue weighted by molar-refractivity contribution is -0.139. The van der Waals surface area contributed by atoms with Crippen molar-refractivity contribution in [1.29, 1.82) is 0 Å². The fourth-order valence-corrected chi connectivity index (χ4v) is 4.27. The molecule has 1 aromatic rings. The van der Waals surface area contributed by atoms with E-state index in [1.165, 1.54) is 0 Å². The minimum atomic E-state index is -0.729. The first kappa shape index (κ1) is 22.9. The standard InChI is InChI=1S/C21H28Cl2N4O3/c1-4-27-16(13-26-11-9-25(3)10-12-26)17(20(28)30-5-2)19(24-21(27)29)14-7-6-8-15(22)18(14)23/h6-8,19H,4-5,9-13H2,1-3H3,(H,24,29)/t19-/m1/s1. The maximum absolute atomic E-state index is 13.1. The van der Waals surface area contributed by atoms with Crippen molar-refractivity contribution in [3.63, 3.8) is 0 Å². The second kappa shape index (κ2) is 10.0. The van der Waals surface area contributed by atoms with Gasteiger partial charge in [-0.2, -0.15) is 0 Å². The molecule has 3 rings (SSSR count). The van der Waals surface area contributed by atoms with Gasteiger partial charge >= 0.3 is 12.0 Å². The number of carbonyl (C=O) groups is 2. The van der Waals surface area contributed by atoms with E-state index in [-0.39, 0.29) is 12.6 Å². The number of ether oxygens (including phenoxy) is 1. The molecular weight excluding hydrogens is 427 g/mol. The summed E-state index contributed by atoms with van der Waals surface area (Å²) in [6, 6.07) is 4.21. The van der Waals surface area contributed by atoms with Gasteiger partial charge in [-0.05, 0) is 32.5 Å². The zero-order valence-electron chi connectivity index (χ0n) is 17.6. The van der Waals surface area contributed by atoms with E-state index in [9.17, 15) is 9.59 Å². The zero-order chi connectivity index (χ0) is 21.8. The molecule has 1 aromatic carbocycles. The van der Waals surface area contributed by atoms with Crippen molar-refractivity contribution in [1.82, 2.24) is 20.0 Å². The summed E-state index contributed by atoms with van der Waals surface area (Å²) in [5.41, 5.74) is 1.64. The lowest BCUT2D eigenvalue weighted by atomic mass is 9.94. The van der Waals surface area contributed by atoms with Crippen molar-refractivity contribution >= 4 is 35.2 Å². The van der Waals surface area contributed by atoms with Crippen LogP contribution in [0.3, 0.4) is 0 Å². The lowest BCUT2D eigenvalue weighted by Crippen LogP contribution is -2.52. The molecule has 0 radical (unpaired) electrons. The molecule has 1 atom stereocenters. The minimum Gasteiger partial charge on any atom is -0.463 e. The van der Waals surface area contributed by atoms with Gasteiger partial charge in [0, 0.05) is 45.0 Å². The number of urea groups is 1. The van der Waals surface area contributed by atoms with E-state index >= 15 is 0 Å². The number of esters is 1. The monoisotopic (exact) mass is 454 g/mol. The summed E-state index contributed by atoms with van der Waals surface area (Å²) in [6.07, 6.45) is 0. The summed E-state index contributed by atoms with van der Waals surface area (Å²) in [5.74, 6) is -0.457. The van der Waals surface area contributed by atoms with Gasteiger partial charge in [-0.15, -0.1) is 0 Å². The van der Waals surface area contributed by atoms with E-state index in [1.54, 1.807) is 30.0 Å². The Morgan fingerprint density at radius 2 is 1.90 bits per heavy atom. The number of likely N-dealkylation sites (N-methyl/N-ethyl adjacent to an activating group) is 2. The molecular formula is C21H28Cl2N4O3. The van der Waals surface area contributed by atoms with Gasteiger partial charge in [0.1, 0.15) is 0 Å². The Hall–Kier alpha value is -1.80. The van der Waals surface area contributed by atoms with Crippen LogP contribution >= 0.6 is 23.2 Å². The molecule has 0 aromatic heterocycles. The van der Waals surface area contributed by atoms with E-state index < -0.39 is 12.0 Å². The van der Waals surface area contributed by atoms with Crippen molar-refractivity contribution < 1.29 is 14.3 Å². The van der Waals surface area contributed by atoms with Crippen LogP contribution in [0.15, 0.2) is 29.5 Å². The van der Waals surface area contributed by atoms with Crippen LogP contribution in [0.5, 0.6) is 0 Å². The Morgan fingerprint density at radius 3 is 2.53 bits per heavy atom. The summed E-state index contributed by atoms with van der Waals surface area (Å²) in [5, 5.41) is 3.60. The Morgan fingerprint density at radius 1 is 1.20 bits per heavy atom. The first-order chi connectivity index (χ1) is 14.4. The van der Waals surface area contributed by atoms with E-state index in [0.717, 1.165) is 26.2 Å². The first-order valence-corrected chi connectivity index (χ1v) is 11.0. The summed E-state index contributed by atoms with van der Waals surface area (Å²) in [4.78, 5) is 32.2. The lowest BCUT2D eigenvalue weighted by Gasteiger charge is -2.40. The molecule has 2 aliphatic rings. The van der Waals surface area contributed by atoms with Gasteiger partial charge in [0.2, 0.25) is 0 Å². The van der Waals surface area contributed by atoms with Crippen molar-refractivity contribution in [2.75, 3.05) is 52.9 Å². The highest BCUT2D eigenvalue weighted by Gasteiger charge is 2.39. The highest BCUT2D eigenvalue weighted by molar-refractivity contribution is 6.42. The van der Waals surface area contributed by atoms with Gasteiger partial charge in [-0.25, -0.2) is 9.59 Å². The van der Waals surface area contributed by atoms with Crippen LogP contribution in [0, 0.1) is 0 Å². The number of hydrogen-bond acceptors (Lipinski definition) is 5. The highest BCUT2D eigenvalue weighted by atomic mass is 35.5. The number of amides is 2. The van der Waals surface area contributed by atoms with E-state index in [4.69, 9.17) is 27.9 Å². The quantitative estimate of drug-likeness (QED) is 0.668. The number of halogens is 2. The molecule has 0 unspecified atom stereocenters. The summed E-state index contributed by atoms with van der Waals surface area (Å²) < 4.78 is 5.39. The van der Waals surface area contributed by atoms with Gasteiger partial charge in [0.15, 0.2) is 0 Å². The molecule has 2 amide bonds. The number of nitrogens with one attached hydrogen (secondary N) is 1. The zero-order valence-corrected chi connectivity index (χ0v) is 19.1. The third kappa shape index (κ3) is 4.75. The second-order valence-corrected chi connectivity index (χ2v) is 8.22. The van der Waals surface area contributed by atoms with Gasteiger partial charge in [-0.1, -0.05) is 35.3 Å². The fraction of sp³-hybridized carbons (Fsp3) is 0.524. The van der Waals surface area contributed by atoms with Crippen LogP contribution in [0.25, 0.3) is 0 Å². The normalized spacial score (nSPS) is 21.0. The largest absolute Gasteiger partial charge is 0.463 e. The summed E-state index contributed by atoms with van der Waals surface area (Å²) in [6.45, 7) is 8.40. The van der Waals surface area contributed by atoms with Crippen molar-refractivity contribution in [3.8, 4) is 0 Å². The van der Waals surface area contributed by atoms with Crippen LogP contribution in [0.2, 0.25) is 10.0 Å². The summed E-state index contributed by atoms with van der Waals surface area (Å²) >= 11 is 12.7. The van der Waals surface area contributed by atoms with Gasteiger partial charge in [0.25, 0.3) is 0 Å². The third-order valence-electron chi connectivity index (χ3n) is 5.51. The highest BCUT2D eigenvalue weighted by Crippen LogP contribution is 2.37. The molecule has 0 bridgehead atoms. The number of rotatable bonds is 6. The molecule has 1 N–H and O–H groups in total. The molecule has 2 aliphatic heterocycles. The third-order valence-corrected chi connectivity index (χ3v) is 6.35. The molecule has 30 heavy (non-hydrogen) atoms. The molecule has 1 fully saturated rings. The predicted molar refractivity (Wildman–Crippen MR) is 118 cm³/mol. The van der Waals surface area contributed by atoms with Crippen LogP contribution in [-0.4, -0.2) is 79.6 Å². The number of piperazine rings is 1. The molecule has 7 nitrogen and oxygen atoms in total. The molecule has 9 heteroatoms. The minimum absolute atomic E-state index is 0.236. The molecule has 0 saturated carbocycles. The Kier molecular flexibility index (Phi) is 7.63. The van der Waals surface area contributed by atoms with E-state index in [2.05, 4.69) is 22.2 Å². The van der Waals surface area contributed by atoms with Crippen LogP contribution in [-0.2, 0) is 9.53 Å². The molecule has 1 saturated heterocycles. The Bertz CT molecular complexity index is 838. The van der Waals surface area contributed by atoms with Crippen LogP contribution < -0.4 is 5.32 Å². The van der Waals surface area contributed by atoms with E-state index in [0.29, 0.717) is 40.0 Å². The van der Waals surface area contributed by atoms with Crippen LogP contribution in [0.4, 0.5) is 4.79 Å².